The number of carboxylic acid groups (broad SMARTS) is 1. The highest BCUT2D eigenvalue weighted by molar-refractivity contribution is 5.92. The lowest BCUT2D eigenvalue weighted by molar-refractivity contribution is -0.192. The van der Waals surface area contributed by atoms with Crippen molar-refractivity contribution in [3.05, 3.63) is 107 Å². The molecule has 3 aromatic rings. The number of guanidine groups is 1. The summed E-state index contributed by atoms with van der Waals surface area (Å²) in [5.41, 5.74) is 20.3. The normalized spacial score (nSPS) is 11.4. The number of nitrogens with zero attached hydrogens (tertiary/aromatic N) is 2. The summed E-state index contributed by atoms with van der Waals surface area (Å²) in [5, 5.41) is 9.74. The zero-order valence-corrected chi connectivity index (χ0v) is 25.8. The van der Waals surface area contributed by atoms with E-state index >= 15 is 0 Å². The van der Waals surface area contributed by atoms with Gasteiger partial charge in [-0.1, -0.05) is 84.9 Å². The van der Waals surface area contributed by atoms with E-state index < -0.39 is 30.0 Å². The average Bonchev–Trinajstić information content (AvgIpc) is 3.03. The van der Waals surface area contributed by atoms with Crippen molar-refractivity contribution in [2.45, 2.75) is 43.8 Å². The third-order valence-corrected chi connectivity index (χ3v) is 6.98. The zero-order chi connectivity index (χ0) is 35.0. The van der Waals surface area contributed by atoms with Crippen LogP contribution >= 0.6 is 0 Å². The number of carboxylic acids is 1. The van der Waals surface area contributed by atoms with E-state index in [1.165, 1.54) is 0 Å². The molecule has 0 aliphatic carbocycles. The third-order valence-electron chi connectivity index (χ3n) is 6.98. The Hall–Kier alpha value is -5.40. The fraction of sp³-hybridized carbons (Fsp3) is 0.303. The van der Waals surface area contributed by atoms with Gasteiger partial charge in [-0.3, -0.25) is 19.4 Å². The minimum Gasteiger partial charge on any atom is -0.475 e. The molecule has 0 aliphatic rings. The van der Waals surface area contributed by atoms with Crippen molar-refractivity contribution in [3.63, 3.8) is 0 Å². The van der Waals surface area contributed by atoms with Crippen molar-refractivity contribution in [2.75, 3.05) is 20.1 Å². The second-order valence-corrected chi connectivity index (χ2v) is 10.4. The van der Waals surface area contributed by atoms with Crippen LogP contribution in [0.4, 0.5) is 13.2 Å². The number of carbonyl (C=O) groups is 4. The number of rotatable bonds is 14. The molecular weight excluding hydrogens is 617 g/mol. The molecule has 0 unspecified atom stereocenters. The quantitative estimate of drug-likeness (QED) is 0.1000. The van der Waals surface area contributed by atoms with Gasteiger partial charge in [0.2, 0.25) is 17.7 Å². The van der Waals surface area contributed by atoms with Crippen molar-refractivity contribution in [1.29, 1.82) is 0 Å². The predicted molar refractivity (Wildman–Crippen MR) is 171 cm³/mol. The van der Waals surface area contributed by atoms with Gasteiger partial charge in [0.15, 0.2) is 5.96 Å². The van der Waals surface area contributed by atoms with Gasteiger partial charge in [-0.15, -0.1) is 0 Å². The first-order chi connectivity index (χ1) is 22.2. The molecule has 14 heteroatoms. The van der Waals surface area contributed by atoms with Gasteiger partial charge in [0.25, 0.3) is 0 Å². The Balaban J connectivity index is 0.000000984. The summed E-state index contributed by atoms with van der Waals surface area (Å²) >= 11 is 0. The minimum absolute atomic E-state index is 0.0309. The third kappa shape index (κ3) is 12.9. The molecule has 3 amide bonds. The Morgan fingerprint density at radius 1 is 0.851 bits per heavy atom. The number of aliphatic imine (C=N–C) groups is 1. The first-order valence-corrected chi connectivity index (χ1v) is 14.6. The number of aliphatic carboxylic acids is 1. The predicted octanol–water partition coefficient (Wildman–Crippen LogP) is 2.72. The summed E-state index contributed by atoms with van der Waals surface area (Å²) in [5.74, 6) is -4.26. The molecule has 8 N–H and O–H groups in total. The van der Waals surface area contributed by atoms with Crippen molar-refractivity contribution < 1.29 is 37.5 Å². The van der Waals surface area contributed by atoms with E-state index in [9.17, 15) is 27.6 Å². The van der Waals surface area contributed by atoms with Gasteiger partial charge in [-0.25, -0.2) is 4.79 Å². The molecule has 3 aromatic carbocycles. The van der Waals surface area contributed by atoms with Gasteiger partial charge in [0.05, 0.1) is 12.3 Å². The molecule has 0 aliphatic heterocycles. The molecule has 11 nitrogen and oxygen atoms in total. The number of halogens is 3. The molecule has 0 spiro atoms. The maximum Gasteiger partial charge on any atom is 0.490 e. The summed E-state index contributed by atoms with van der Waals surface area (Å²) in [6.45, 7) is 0.599. The summed E-state index contributed by atoms with van der Waals surface area (Å²) in [6, 6.07) is 25.8. The van der Waals surface area contributed by atoms with Crippen LogP contribution in [0.2, 0.25) is 0 Å². The molecule has 0 bridgehead atoms. The number of alkyl halides is 3. The number of primary amides is 1. The molecule has 0 fully saturated rings. The van der Waals surface area contributed by atoms with Gasteiger partial charge in [-0.05, 0) is 41.5 Å². The van der Waals surface area contributed by atoms with E-state index in [4.69, 9.17) is 27.1 Å². The lowest BCUT2D eigenvalue weighted by atomic mass is 9.89. The zero-order valence-electron chi connectivity index (χ0n) is 25.8. The van der Waals surface area contributed by atoms with Crippen molar-refractivity contribution in [1.82, 2.24) is 10.2 Å². The smallest absolute Gasteiger partial charge is 0.475 e. The Bertz CT molecular complexity index is 1440. The van der Waals surface area contributed by atoms with Crippen LogP contribution in [-0.4, -0.2) is 72.0 Å². The summed E-state index contributed by atoms with van der Waals surface area (Å²) in [4.78, 5) is 53.3. The van der Waals surface area contributed by atoms with Crippen molar-refractivity contribution >= 4 is 29.7 Å². The van der Waals surface area contributed by atoms with E-state index in [0.29, 0.717) is 25.8 Å². The largest absolute Gasteiger partial charge is 0.490 e. The van der Waals surface area contributed by atoms with E-state index in [1.807, 2.05) is 84.9 Å². The van der Waals surface area contributed by atoms with Crippen LogP contribution in [0.3, 0.4) is 0 Å². The lowest BCUT2D eigenvalue weighted by Gasteiger charge is -2.33. The number of benzene rings is 3. The molecule has 0 saturated carbocycles. The fourth-order valence-electron chi connectivity index (χ4n) is 4.65. The summed E-state index contributed by atoms with van der Waals surface area (Å²) < 4.78 is 31.7. The van der Waals surface area contributed by atoms with E-state index in [-0.39, 0.29) is 30.7 Å². The van der Waals surface area contributed by atoms with Crippen molar-refractivity contribution in [2.24, 2.45) is 22.2 Å². The van der Waals surface area contributed by atoms with E-state index in [2.05, 4.69) is 10.3 Å². The summed E-state index contributed by atoms with van der Waals surface area (Å²) in [6.07, 6.45) is -3.50. The lowest BCUT2D eigenvalue weighted by Crippen LogP contribution is -2.50. The second-order valence-electron chi connectivity index (χ2n) is 10.4. The molecule has 3 rings (SSSR count). The average molecular weight is 657 g/mol. The van der Waals surface area contributed by atoms with Gasteiger partial charge >= 0.3 is 12.1 Å². The molecule has 47 heavy (non-hydrogen) atoms. The summed E-state index contributed by atoms with van der Waals surface area (Å²) in [7, 11) is 1.60. The highest BCUT2D eigenvalue weighted by Gasteiger charge is 2.38. The molecule has 0 heterocycles. The number of hydrogen-bond acceptors (Lipinski definition) is 5. The SMILES string of the molecule is CNC(=O)Cc1ccc(CCN(C(=O)C(c2ccccc2)c2ccccc2)[C@H](CCCN=C(N)N)C(N)=O)cc1.O=C(O)C(F)(F)F. The van der Waals surface area contributed by atoms with Crippen LogP contribution in [0.5, 0.6) is 0 Å². The maximum atomic E-state index is 14.4. The monoisotopic (exact) mass is 656 g/mol. The van der Waals surface area contributed by atoms with Gasteiger partial charge < -0.3 is 32.5 Å². The van der Waals surface area contributed by atoms with Gasteiger partial charge in [0.1, 0.15) is 6.04 Å². The van der Waals surface area contributed by atoms with Crippen LogP contribution in [0.25, 0.3) is 0 Å². The topological polar surface area (TPSA) is 194 Å². The van der Waals surface area contributed by atoms with Crippen LogP contribution < -0.4 is 22.5 Å². The van der Waals surface area contributed by atoms with Crippen LogP contribution in [0.1, 0.15) is 41.0 Å². The van der Waals surface area contributed by atoms with Gasteiger partial charge in [0, 0.05) is 20.1 Å². The molecular formula is C33H39F3N6O5. The number of nitrogens with two attached hydrogens (primary N) is 3. The highest BCUT2D eigenvalue weighted by Crippen LogP contribution is 2.28. The van der Waals surface area contributed by atoms with Crippen molar-refractivity contribution in [3.8, 4) is 0 Å². The van der Waals surface area contributed by atoms with E-state index in [1.54, 1.807) is 11.9 Å². The maximum absolute atomic E-state index is 14.4. The fourth-order valence-corrected chi connectivity index (χ4v) is 4.65. The highest BCUT2D eigenvalue weighted by atomic mass is 19.4. The number of carbonyl (C=O) groups excluding carboxylic acids is 3. The van der Waals surface area contributed by atoms with Crippen LogP contribution in [0, 0.1) is 0 Å². The molecule has 0 radical (unpaired) electrons. The second kappa shape index (κ2) is 18.5. The minimum atomic E-state index is -5.08. The first kappa shape index (κ1) is 37.8. The Labute approximate surface area is 270 Å². The molecule has 0 aromatic heterocycles. The molecule has 0 saturated heterocycles. The standard InChI is InChI=1S/C31H38N6O3.C2HF3O2/c1-35-27(38)21-23-16-14-22(15-17-23)18-20-37(26(29(32)39)13-8-19-36-31(33)34)30(40)28(24-9-4-2-5-10-24)25-11-6-3-7-12-25;3-2(4,5)1(6)7/h2-7,9-12,14-17,26,28H,8,13,18-21H2,1H3,(H2,32,39)(H,35,38)(H4,33,34,36);(H,6,7)/t26-;/m1./s1. The molecule has 252 valence electrons. The Kier molecular flexibility index (Phi) is 14.9. The van der Waals surface area contributed by atoms with Crippen LogP contribution in [0.15, 0.2) is 89.9 Å². The Morgan fingerprint density at radius 3 is 1.77 bits per heavy atom. The van der Waals surface area contributed by atoms with E-state index in [0.717, 1.165) is 22.3 Å². The molecule has 1 atom stereocenters. The Morgan fingerprint density at radius 2 is 1.34 bits per heavy atom. The first-order valence-electron chi connectivity index (χ1n) is 14.6. The number of nitrogens with one attached hydrogen (secondary N) is 1. The number of hydrogen-bond donors (Lipinski definition) is 5. The van der Waals surface area contributed by atoms with Gasteiger partial charge in [-0.2, -0.15) is 13.2 Å². The number of amides is 3. The number of likely N-dealkylation sites (N-methyl/N-ethyl adjacent to an activating group) is 1. The van der Waals surface area contributed by atoms with Crippen LogP contribution in [-0.2, 0) is 32.0 Å².